The number of hydrogen-bond donors (Lipinski definition) is 3. The standard InChI is InChI=1S/C21H22N4O4S/c1-21(2,3)24-19(27)15-8-10-16(11-9-15)22-20(30)23-18(26)12-7-14-5-4-6-17(13-14)25(28)29/h4-13H,1-3H3,(H,24,27)(H2,22,23,26,30)/b12-7+. The van der Waals surface area contributed by atoms with E-state index in [1.54, 1.807) is 30.3 Å². The van der Waals surface area contributed by atoms with Gasteiger partial charge >= 0.3 is 0 Å². The molecule has 0 fully saturated rings. The highest BCUT2D eigenvalue weighted by Crippen LogP contribution is 2.14. The molecule has 0 atom stereocenters. The van der Waals surface area contributed by atoms with Crippen molar-refractivity contribution in [1.82, 2.24) is 10.6 Å². The van der Waals surface area contributed by atoms with E-state index in [-0.39, 0.29) is 22.2 Å². The van der Waals surface area contributed by atoms with Crippen LogP contribution >= 0.6 is 12.2 Å². The van der Waals surface area contributed by atoms with E-state index in [2.05, 4.69) is 16.0 Å². The van der Waals surface area contributed by atoms with Gasteiger partial charge < -0.3 is 10.6 Å². The minimum Gasteiger partial charge on any atom is -0.347 e. The molecule has 0 saturated heterocycles. The number of benzene rings is 2. The van der Waals surface area contributed by atoms with Crippen molar-refractivity contribution in [3.05, 3.63) is 75.8 Å². The van der Waals surface area contributed by atoms with Crippen molar-refractivity contribution in [1.29, 1.82) is 0 Å². The van der Waals surface area contributed by atoms with Gasteiger partial charge in [-0.05, 0) is 68.9 Å². The van der Waals surface area contributed by atoms with Gasteiger partial charge in [0.05, 0.1) is 4.92 Å². The van der Waals surface area contributed by atoms with Gasteiger partial charge in [0.25, 0.3) is 11.6 Å². The van der Waals surface area contributed by atoms with E-state index in [9.17, 15) is 19.7 Å². The number of anilines is 1. The summed E-state index contributed by atoms with van der Waals surface area (Å²) in [6, 6.07) is 12.6. The summed E-state index contributed by atoms with van der Waals surface area (Å²) in [6.45, 7) is 5.69. The zero-order chi connectivity index (χ0) is 22.3. The lowest BCUT2D eigenvalue weighted by Gasteiger charge is -2.20. The molecule has 0 radical (unpaired) electrons. The third-order valence-electron chi connectivity index (χ3n) is 3.64. The summed E-state index contributed by atoms with van der Waals surface area (Å²) in [5.41, 5.74) is 1.23. The molecule has 2 amide bonds. The fourth-order valence-electron chi connectivity index (χ4n) is 2.35. The lowest BCUT2D eigenvalue weighted by Crippen LogP contribution is -2.40. The number of nitrogens with one attached hydrogen (secondary N) is 3. The molecule has 3 N–H and O–H groups in total. The Morgan fingerprint density at radius 3 is 2.37 bits per heavy atom. The summed E-state index contributed by atoms with van der Waals surface area (Å²) in [5.74, 6) is -0.670. The molecule has 2 aromatic carbocycles. The van der Waals surface area contributed by atoms with E-state index in [1.807, 2.05) is 20.8 Å². The molecule has 0 aliphatic rings. The van der Waals surface area contributed by atoms with Crippen molar-refractivity contribution in [3.8, 4) is 0 Å². The third kappa shape index (κ3) is 7.44. The number of nitro groups is 1. The number of nitro benzene ring substituents is 1. The van der Waals surface area contributed by atoms with Gasteiger partial charge in [-0.3, -0.25) is 25.0 Å². The van der Waals surface area contributed by atoms with E-state index in [0.717, 1.165) is 0 Å². The second-order valence-electron chi connectivity index (χ2n) is 7.41. The van der Waals surface area contributed by atoms with E-state index in [1.165, 1.54) is 30.4 Å². The molecule has 0 aliphatic carbocycles. The molecule has 0 saturated carbocycles. The summed E-state index contributed by atoms with van der Waals surface area (Å²) < 4.78 is 0. The molecule has 156 valence electrons. The van der Waals surface area contributed by atoms with Crippen molar-refractivity contribution < 1.29 is 14.5 Å². The first-order valence-electron chi connectivity index (χ1n) is 9.00. The van der Waals surface area contributed by atoms with Gasteiger partial charge in [0.1, 0.15) is 0 Å². The lowest BCUT2D eigenvalue weighted by atomic mass is 10.1. The first kappa shape index (κ1) is 22.7. The smallest absolute Gasteiger partial charge is 0.270 e. The monoisotopic (exact) mass is 426 g/mol. The number of thiocarbonyl (C=S) groups is 1. The molecular formula is C21H22N4O4S. The predicted octanol–water partition coefficient (Wildman–Crippen LogP) is 3.65. The second-order valence-corrected chi connectivity index (χ2v) is 7.82. The zero-order valence-electron chi connectivity index (χ0n) is 16.8. The van der Waals surface area contributed by atoms with Gasteiger partial charge in [-0.1, -0.05) is 12.1 Å². The number of non-ortho nitro benzene ring substituents is 1. The quantitative estimate of drug-likeness (QED) is 0.291. The highest BCUT2D eigenvalue weighted by Gasteiger charge is 2.15. The van der Waals surface area contributed by atoms with E-state index in [0.29, 0.717) is 16.8 Å². The van der Waals surface area contributed by atoms with Crippen molar-refractivity contribution in [2.45, 2.75) is 26.3 Å². The van der Waals surface area contributed by atoms with Gasteiger partial charge in [0.2, 0.25) is 5.91 Å². The van der Waals surface area contributed by atoms with Crippen molar-refractivity contribution in [3.63, 3.8) is 0 Å². The summed E-state index contributed by atoms with van der Waals surface area (Å²) in [7, 11) is 0. The second kappa shape index (κ2) is 9.75. The molecule has 0 aliphatic heterocycles. The molecule has 0 spiro atoms. The Bertz CT molecular complexity index is 995. The number of carbonyl (C=O) groups excluding carboxylic acids is 2. The van der Waals surface area contributed by atoms with Crippen molar-refractivity contribution >= 4 is 46.6 Å². The molecule has 0 bridgehead atoms. The van der Waals surface area contributed by atoms with Crippen LogP contribution in [-0.2, 0) is 4.79 Å². The average Bonchev–Trinajstić information content (AvgIpc) is 2.65. The molecule has 2 rings (SSSR count). The highest BCUT2D eigenvalue weighted by molar-refractivity contribution is 7.80. The largest absolute Gasteiger partial charge is 0.347 e. The number of rotatable bonds is 5. The fourth-order valence-corrected chi connectivity index (χ4v) is 2.57. The first-order chi connectivity index (χ1) is 14.0. The van der Waals surface area contributed by atoms with E-state index >= 15 is 0 Å². The molecule has 0 heterocycles. The molecule has 9 heteroatoms. The zero-order valence-corrected chi connectivity index (χ0v) is 17.6. The summed E-state index contributed by atoms with van der Waals surface area (Å²) in [4.78, 5) is 34.4. The van der Waals surface area contributed by atoms with Crippen LogP contribution in [0.3, 0.4) is 0 Å². The van der Waals surface area contributed by atoms with Crippen LogP contribution in [0.15, 0.2) is 54.6 Å². The van der Waals surface area contributed by atoms with Crippen LogP contribution in [0.5, 0.6) is 0 Å². The molecule has 8 nitrogen and oxygen atoms in total. The van der Waals surface area contributed by atoms with Crippen molar-refractivity contribution in [2.24, 2.45) is 0 Å². The minimum atomic E-state index is -0.505. The maximum atomic E-state index is 12.1. The summed E-state index contributed by atoms with van der Waals surface area (Å²) in [5, 5.41) is 19.1. The number of carbonyl (C=O) groups is 2. The van der Waals surface area contributed by atoms with E-state index < -0.39 is 10.8 Å². The molecule has 0 unspecified atom stereocenters. The van der Waals surface area contributed by atoms with Gasteiger partial charge in [0.15, 0.2) is 5.11 Å². The lowest BCUT2D eigenvalue weighted by molar-refractivity contribution is -0.384. The van der Waals surface area contributed by atoms with Crippen LogP contribution < -0.4 is 16.0 Å². The Morgan fingerprint density at radius 1 is 1.10 bits per heavy atom. The van der Waals surface area contributed by atoms with Crippen LogP contribution in [0.25, 0.3) is 6.08 Å². The van der Waals surface area contributed by atoms with Crippen molar-refractivity contribution in [2.75, 3.05) is 5.32 Å². The Kier molecular flexibility index (Phi) is 7.38. The SMILES string of the molecule is CC(C)(C)NC(=O)c1ccc(NC(=S)NC(=O)/C=C/c2cccc([N+](=O)[O-])c2)cc1. The number of hydrogen-bond acceptors (Lipinski definition) is 5. The van der Waals surface area contributed by atoms with Crippen LogP contribution in [0.1, 0.15) is 36.7 Å². The fraction of sp³-hybridized carbons (Fsp3) is 0.190. The Morgan fingerprint density at radius 2 is 1.77 bits per heavy atom. The van der Waals surface area contributed by atoms with Gasteiger partial charge in [0, 0.05) is 35.0 Å². The van der Waals surface area contributed by atoms with Crippen LogP contribution in [0, 0.1) is 10.1 Å². The topological polar surface area (TPSA) is 113 Å². The number of amides is 2. The van der Waals surface area contributed by atoms with Crippen LogP contribution in [-0.4, -0.2) is 27.4 Å². The highest BCUT2D eigenvalue weighted by atomic mass is 32.1. The molecule has 2 aromatic rings. The van der Waals surface area contributed by atoms with Gasteiger partial charge in [-0.2, -0.15) is 0 Å². The Hall–Kier alpha value is -3.59. The van der Waals surface area contributed by atoms with Gasteiger partial charge in [-0.25, -0.2) is 0 Å². The van der Waals surface area contributed by atoms with Crippen LogP contribution in [0.4, 0.5) is 11.4 Å². The number of nitrogens with zero attached hydrogens (tertiary/aromatic N) is 1. The molecule has 0 aromatic heterocycles. The predicted molar refractivity (Wildman–Crippen MR) is 120 cm³/mol. The maximum absolute atomic E-state index is 12.1. The Labute approximate surface area is 179 Å². The minimum absolute atomic E-state index is 0.0608. The van der Waals surface area contributed by atoms with Crippen LogP contribution in [0.2, 0.25) is 0 Å². The summed E-state index contributed by atoms with van der Waals surface area (Å²) in [6.07, 6.45) is 2.68. The Balaban J connectivity index is 1.90. The first-order valence-corrected chi connectivity index (χ1v) is 9.41. The van der Waals surface area contributed by atoms with Gasteiger partial charge in [-0.15, -0.1) is 0 Å². The average molecular weight is 426 g/mol. The van der Waals surface area contributed by atoms with E-state index in [4.69, 9.17) is 12.2 Å². The normalized spacial score (nSPS) is 11.0. The molecular weight excluding hydrogens is 404 g/mol. The molecule has 30 heavy (non-hydrogen) atoms. The summed E-state index contributed by atoms with van der Waals surface area (Å²) >= 11 is 5.11. The maximum Gasteiger partial charge on any atom is 0.270 e. The third-order valence-corrected chi connectivity index (χ3v) is 3.84.